The van der Waals surface area contributed by atoms with Crippen molar-refractivity contribution in [2.24, 2.45) is 0 Å². The molecular weight excluding hydrogens is 282 g/mol. The second-order valence-electron chi connectivity index (χ2n) is 5.98. The second kappa shape index (κ2) is 5.64. The Morgan fingerprint density at radius 3 is 2.86 bits per heavy atom. The smallest absolute Gasteiger partial charge is 0.263 e. The lowest BCUT2D eigenvalue weighted by Gasteiger charge is -2.07. The number of aryl methyl sites for hydroxylation is 2. The molecule has 4 nitrogen and oxygen atoms in total. The first-order valence-electron chi connectivity index (χ1n) is 7.58. The van der Waals surface area contributed by atoms with Gasteiger partial charge in [-0.1, -0.05) is 6.42 Å². The molecule has 1 amide bonds. The molecule has 0 bridgehead atoms. The molecule has 0 spiro atoms. The number of nitrogens with two attached hydrogens (primary N) is 1. The van der Waals surface area contributed by atoms with Crippen molar-refractivity contribution in [2.75, 3.05) is 5.73 Å². The number of nitrogens with one attached hydrogen (secondary N) is 1. The molecule has 2 aromatic rings. The molecule has 2 heterocycles. The largest absolute Gasteiger partial charge is 0.397 e. The Morgan fingerprint density at radius 1 is 1.33 bits per heavy atom. The molecule has 0 aliphatic heterocycles. The minimum atomic E-state index is -0.0966. The van der Waals surface area contributed by atoms with Gasteiger partial charge >= 0.3 is 0 Å². The third-order valence-electron chi connectivity index (χ3n) is 3.88. The molecule has 21 heavy (non-hydrogen) atoms. The van der Waals surface area contributed by atoms with Gasteiger partial charge in [-0.3, -0.25) is 4.79 Å². The maximum Gasteiger partial charge on any atom is 0.263 e. The average Bonchev–Trinajstić information content (AvgIpc) is 2.61. The monoisotopic (exact) mass is 303 g/mol. The van der Waals surface area contributed by atoms with Gasteiger partial charge in [0.05, 0.1) is 5.69 Å². The fourth-order valence-corrected chi connectivity index (χ4v) is 3.83. The van der Waals surface area contributed by atoms with E-state index in [4.69, 9.17) is 10.7 Å². The number of fused-ring (bicyclic) bond motifs is 2. The summed E-state index contributed by atoms with van der Waals surface area (Å²) in [6, 6.07) is 2.26. The molecule has 1 aliphatic carbocycles. The highest BCUT2D eigenvalue weighted by molar-refractivity contribution is 7.21. The summed E-state index contributed by atoms with van der Waals surface area (Å²) in [5, 5.41) is 3.84. The van der Waals surface area contributed by atoms with Crippen LogP contribution in [0.2, 0.25) is 0 Å². The number of amides is 1. The van der Waals surface area contributed by atoms with Crippen LogP contribution in [0.15, 0.2) is 6.07 Å². The Kier molecular flexibility index (Phi) is 3.85. The van der Waals surface area contributed by atoms with E-state index in [1.165, 1.54) is 41.9 Å². The van der Waals surface area contributed by atoms with E-state index < -0.39 is 0 Å². The van der Waals surface area contributed by atoms with Crippen LogP contribution in [0.1, 0.15) is 54.0 Å². The van der Waals surface area contributed by atoms with E-state index in [9.17, 15) is 4.79 Å². The Balaban J connectivity index is 2.06. The van der Waals surface area contributed by atoms with Crippen LogP contribution in [0.3, 0.4) is 0 Å². The number of pyridine rings is 1. The van der Waals surface area contributed by atoms with Gasteiger partial charge < -0.3 is 11.1 Å². The standard InChI is InChI=1S/C16H21N3OS/c1-9(2)18-15(20)14-13(17)11-8-10-6-4-3-5-7-12(10)19-16(11)21-14/h8-9H,3-7,17H2,1-2H3,(H,18,20). The zero-order valence-electron chi connectivity index (χ0n) is 12.5. The molecule has 0 unspecified atom stereocenters. The Morgan fingerprint density at radius 2 is 2.10 bits per heavy atom. The van der Waals surface area contributed by atoms with Gasteiger partial charge in [-0.2, -0.15) is 0 Å². The van der Waals surface area contributed by atoms with Crippen LogP contribution in [0.4, 0.5) is 5.69 Å². The second-order valence-corrected chi connectivity index (χ2v) is 6.98. The summed E-state index contributed by atoms with van der Waals surface area (Å²) in [4.78, 5) is 18.5. The number of hydrogen-bond acceptors (Lipinski definition) is 4. The zero-order valence-corrected chi connectivity index (χ0v) is 13.3. The van der Waals surface area contributed by atoms with Crippen LogP contribution in [0, 0.1) is 0 Å². The number of anilines is 1. The van der Waals surface area contributed by atoms with Crippen LogP contribution >= 0.6 is 11.3 Å². The molecule has 0 saturated heterocycles. The summed E-state index contributed by atoms with van der Waals surface area (Å²) in [7, 11) is 0. The molecule has 0 saturated carbocycles. The molecule has 0 atom stereocenters. The SMILES string of the molecule is CC(C)NC(=O)c1sc2nc3c(cc2c1N)CCCCC3. The van der Waals surface area contributed by atoms with E-state index in [2.05, 4.69) is 11.4 Å². The third kappa shape index (κ3) is 2.75. The fourth-order valence-electron chi connectivity index (χ4n) is 2.83. The van der Waals surface area contributed by atoms with Crippen LogP contribution < -0.4 is 11.1 Å². The predicted octanol–water partition coefficient (Wildman–Crippen LogP) is 3.29. The van der Waals surface area contributed by atoms with Gasteiger partial charge in [0.1, 0.15) is 9.71 Å². The number of nitrogen functional groups attached to an aromatic ring is 1. The zero-order chi connectivity index (χ0) is 15.0. The van der Waals surface area contributed by atoms with Gasteiger partial charge in [0.2, 0.25) is 0 Å². The topological polar surface area (TPSA) is 68.0 Å². The minimum absolute atomic E-state index is 0.0966. The van der Waals surface area contributed by atoms with Gasteiger partial charge in [0.25, 0.3) is 5.91 Å². The van der Waals surface area contributed by atoms with E-state index in [1.54, 1.807) is 0 Å². The van der Waals surface area contributed by atoms with Crippen molar-refractivity contribution in [3.05, 3.63) is 22.2 Å². The van der Waals surface area contributed by atoms with E-state index in [0.29, 0.717) is 10.6 Å². The summed E-state index contributed by atoms with van der Waals surface area (Å²) in [6.07, 6.45) is 5.79. The Labute approximate surface area is 128 Å². The van der Waals surface area contributed by atoms with E-state index in [0.717, 1.165) is 23.1 Å². The van der Waals surface area contributed by atoms with Gasteiger partial charge in [0, 0.05) is 17.1 Å². The van der Waals surface area contributed by atoms with E-state index >= 15 is 0 Å². The summed E-state index contributed by atoms with van der Waals surface area (Å²) < 4.78 is 0. The van der Waals surface area contributed by atoms with E-state index in [-0.39, 0.29) is 11.9 Å². The Hall–Kier alpha value is -1.62. The lowest BCUT2D eigenvalue weighted by atomic mass is 10.1. The van der Waals surface area contributed by atoms with Crippen molar-refractivity contribution in [3.8, 4) is 0 Å². The van der Waals surface area contributed by atoms with Crippen molar-refractivity contribution < 1.29 is 4.79 Å². The molecule has 3 rings (SSSR count). The molecule has 3 N–H and O–H groups in total. The van der Waals surface area contributed by atoms with Gasteiger partial charge in [-0.25, -0.2) is 4.98 Å². The van der Waals surface area contributed by atoms with Gasteiger partial charge in [0.15, 0.2) is 0 Å². The maximum atomic E-state index is 12.2. The molecule has 0 fully saturated rings. The summed E-state index contributed by atoms with van der Waals surface area (Å²) in [5.74, 6) is -0.0966. The highest BCUT2D eigenvalue weighted by atomic mass is 32.1. The fraction of sp³-hybridized carbons (Fsp3) is 0.500. The first-order valence-corrected chi connectivity index (χ1v) is 8.39. The van der Waals surface area contributed by atoms with Crippen molar-refractivity contribution in [1.29, 1.82) is 0 Å². The highest BCUT2D eigenvalue weighted by Crippen LogP contribution is 2.35. The average molecular weight is 303 g/mol. The van der Waals surface area contributed by atoms with Crippen molar-refractivity contribution in [3.63, 3.8) is 0 Å². The molecule has 1 aliphatic rings. The molecule has 112 valence electrons. The number of rotatable bonds is 2. The summed E-state index contributed by atoms with van der Waals surface area (Å²) >= 11 is 1.41. The highest BCUT2D eigenvalue weighted by Gasteiger charge is 2.20. The lowest BCUT2D eigenvalue weighted by molar-refractivity contribution is 0.0948. The number of carbonyl (C=O) groups excluding carboxylic acids is 1. The van der Waals surface area contributed by atoms with Crippen LogP contribution in [0.5, 0.6) is 0 Å². The molecule has 5 heteroatoms. The molecule has 0 radical (unpaired) electrons. The van der Waals surface area contributed by atoms with Crippen molar-refractivity contribution >= 4 is 33.1 Å². The third-order valence-corrected chi connectivity index (χ3v) is 4.99. The summed E-state index contributed by atoms with van der Waals surface area (Å²) in [6.45, 7) is 3.89. The van der Waals surface area contributed by atoms with Crippen LogP contribution in [-0.4, -0.2) is 16.9 Å². The number of carbonyl (C=O) groups is 1. The maximum absolute atomic E-state index is 12.2. The molecule has 2 aromatic heterocycles. The molecule has 0 aromatic carbocycles. The van der Waals surface area contributed by atoms with Gasteiger partial charge in [-0.05, 0) is 51.2 Å². The van der Waals surface area contributed by atoms with Crippen molar-refractivity contribution in [1.82, 2.24) is 10.3 Å². The van der Waals surface area contributed by atoms with Gasteiger partial charge in [-0.15, -0.1) is 11.3 Å². The number of hydrogen-bond donors (Lipinski definition) is 2. The van der Waals surface area contributed by atoms with Crippen LogP contribution in [-0.2, 0) is 12.8 Å². The minimum Gasteiger partial charge on any atom is -0.397 e. The number of aromatic nitrogens is 1. The van der Waals surface area contributed by atoms with E-state index in [1.807, 2.05) is 13.8 Å². The first-order chi connectivity index (χ1) is 10.1. The quantitative estimate of drug-likeness (QED) is 0.837. The van der Waals surface area contributed by atoms with Crippen molar-refractivity contribution in [2.45, 2.75) is 52.0 Å². The number of nitrogens with zero attached hydrogens (tertiary/aromatic N) is 1. The Bertz CT molecular complexity index is 690. The number of thiophene rings is 1. The normalized spacial score (nSPS) is 15.0. The molecular formula is C16H21N3OS. The lowest BCUT2D eigenvalue weighted by Crippen LogP contribution is -2.29. The summed E-state index contributed by atoms with van der Waals surface area (Å²) in [5.41, 5.74) is 9.27. The van der Waals surface area contributed by atoms with Crippen LogP contribution in [0.25, 0.3) is 10.2 Å². The predicted molar refractivity (Wildman–Crippen MR) is 87.9 cm³/mol. The first kappa shape index (κ1) is 14.3.